The average Bonchev–Trinajstić information content (AvgIpc) is 2.48. The standard InChI is InChI=1S/C15H16N4O/c1-19(2)14-5-3-12(4-6-14)11-17-18-15(20)13-7-9-16-10-8-13/h3-11H,1-2H3,(H,18,20)/b17-11-. The second-order valence-corrected chi connectivity index (χ2v) is 4.42. The van der Waals surface area contributed by atoms with Crippen LogP contribution < -0.4 is 10.3 Å². The molecular formula is C15H16N4O. The van der Waals surface area contributed by atoms with Gasteiger partial charge in [-0.1, -0.05) is 12.1 Å². The van der Waals surface area contributed by atoms with Crippen LogP contribution in [0.1, 0.15) is 15.9 Å². The highest BCUT2D eigenvalue weighted by molar-refractivity contribution is 5.94. The Morgan fingerprint density at radius 2 is 1.80 bits per heavy atom. The molecule has 0 fully saturated rings. The van der Waals surface area contributed by atoms with Crippen LogP contribution in [0.5, 0.6) is 0 Å². The fourth-order valence-electron chi connectivity index (χ4n) is 1.59. The van der Waals surface area contributed by atoms with Crippen LogP contribution in [0.15, 0.2) is 53.9 Å². The quantitative estimate of drug-likeness (QED) is 0.680. The Kier molecular flexibility index (Phi) is 4.44. The molecule has 2 aromatic rings. The normalized spacial score (nSPS) is 10.5. The first-order chi connectivity index (χ1) is 9.66. The Bertz CT molecular complexity index is 591. The fourth-order valence-corrected chi connectivity index (χ4v) is 1.59. The van der Waals surface area contributed by atoms with Crippen LogP contribution in [0, 0.1) is 0 Å². The highest BCUT2D eigenvalue weighted by Crippen LogP contribution is 2.10. The number of carbonyl (C=O) groups excluding carboxylic acids is 1. The summed E-state index contributed by atoms with van der Waals surface area (Å²) in [4.78, 5) is 17.6. The summed E-state index contributed by atoms with van der Waals surface area (Å²) in [7, 11) is 3.97. The molecule has 2 rings (SSSR count). The van der Waals surface area contributed by atoms with E-state index in [0.717, 1.165) is 11.3 Å². The van der Waals surface area contributed by atoms with Gasteiger partial charge in [0.2, 0.25) is 0 Å². The number of benzene rings is 1. The van der Waals surface area contributed by atoms with E-state index >= 15 is 0 Å². The smallest absolute Gasteiger partial charge is 0.271 e. The van der Waals surface area contributed by atoms with Gasteiger partial charge in [0.05, 0.1) is 6.21 Å². The van der Waals surface area contributed by atoms with E-state index in [9.17, 15) is 4.79 Å². The number of hydrogen-bond acceptors (Lipinski definition) is 4. The molecule has 1 aromatic heterocycles. The lowest BCUT2D eigenvalue weighted by Gasteiger charge is -2.11. The molecule has 5 heteroatoms. The number of pyridine rings is 1. The zero-order valence-corrected chi connectivity index (χ0v) is 11.4. The van der Waals surface area contributed by atoms with Gasteiger partial charge >= 0.3 is 0 Å². The largest absolute Gasteiger partial charge is 0.378 e. The van der Waals surface area contributed by atoms with Crippen molar-refractivity contribution in [1.29, 1.82) is 0 Å². The van der Waals surface area contributed by atoms with Gasteiger partial charge in [0.1, 0.15) is 0 Å². The lowest BCUT2D eigenvalue weighted by molar-refractivity contribution is 0.0955. The molecule has 0 radical (unpaired) electrons. The number of rotatable bonds is 4. The molecular weight excluding hydrogens is 252 g/mol. The van der Waals surface area contributed by atoms with E-state index in [1.54, 1.807) is 30.7 Å². The molecule has 0 spiro atoms. The summed E-state index contributed by atoms with van der Waals surface area (Å²) in [6.07, 6.45) is 4.75. The van der Waals surface area contributed by atoms with Crippen molar-refractivity contribution in [3.8, 4) is 0 Å². The van der Waals surface area contributed by atoms with Crippen LogP contribution in [0.4, 0.5) is 5.69 Å². The lowest BCUT2D eigenvalue weighted by atomic mass is 10.2. The van der Waals surface area contributed by atoms with Crippen molar-refractivity contribution < 1.29 is 4.79 Å². The van der Waals surface area contributed by atoms with Crippen LogP contribution in [0.2, 0.25) is 0 Å². The van der Waals surface area contributed by atoms with Crippen LogP contribution >= 0.6 is 0 Å². The maximum Gasteiger partial charge on any atom is 0.271 e. The topological polar surface area (TPSA) is 57.6 Å². The number of aromatic nitrogens is 1. The summed E-state index contributed by atoms with van der Waals surface area (Å²) in [5.74, 6) is -0.256. The number of nitrogens with one attached hydrogen (secondary N) is 1. The number of amides is 1. The zero-order valence-electron chi connectivity index (χ0n) is 11.4. The molecule has 1 amide bonds. The molecule has 5 nitrogen and oxygen atoms in total. The van der Waals surface area contributed by atoms with Crippen molar-refractivity contribution in [3.63, 3.8) is 0 Å². The van der Waals surface area contributed by atoms with E-state index < -0.39 is 0 Å². The Labute approximate surface area is 118 Å². The summed E-state index contributed by atoms with van der Waals surface area (Å²) in [6.45, 7) is 0. The maximum absolute atomic E-state index is 11.7. The molecule has 0 atom stereocenters. The molecule has 20 heavy (non-hydrogen) atoms. The van der Waals surface area contributed by atoms with Crippen molar-refractivity contribution in [1.82, 2.24) is 10.4 Å². The van der Waals surface area contributed by atoms with Crippen LogP contribution in [-0.2, 0) is 0 Å². The van der Waals surface area contributed by atoms with E-state index in [0.29, 0.717) is 5.56 Å². The highest BCUT2D eigenvalue weighted by Gasteiger charge is 2.01. The fraction of sp³-hybridized carbons (Fsp3) is 0.133. The van der Waals surface area contributed by atoms with Gasteiger partial charge in [-0.2, -0.15) is 5.10 Å². The molecule has 1 aromatic carbocycles. The van der Waals surface area contributed by atoms with Gasteiger partial charge in [-0.15, -0.1) is 0 Å². The van der Waals surface area contributed by atoms with Gasteiger partial charge in [-0.25, -0.2) is 5.43 Å². The first-order valence-corrected chi connectivity index (χ1v) is 6.17. The van der Waals surface area contributed by atoms with Crippen LogP contribution in [0.25, 0.3) is 0 Å². The summed E-state index contributed by atoms with van der Waals surface area (Å²) in [5.41, 5.74) is 5.04. The van der Waals surface area contributed by atoms with E-state index in [4.69, 9.17) is 0 Å². The van der Waals surface area contributed by atoms with Crippen LogP contribution in [0.3, 0.4) is 0 Å². The molecule has 0 bridgehead atoms. The van der Waals surface area contributed by atoms with Gasteiger partial charge in [0.15, 0.2) is 0 Å². The molecule has 0 aliphatic carbocycles. The Morgan fingerprint density at radius 1 is 1.15 bits per heavy atom. The summed E-state index contributed by atoms with van der Waals surface area (Å²) in [6, 6.07) is 11.1. The predicted molar refractivity (Wildman–Crippen MR) is 80.1 cm³/mol. The maximum atomic E-state index is 11.7. The average molecular weight is 268 g/mol. The second-order valence-electron chi connectivity index (χ2n) is 4.42. The monoisotopic (exact) mass is 268 g/mol. The Morgan fingerprint density at radius 3 is 2.40 bits per heavy atom. The van der Waals surface area contributed by atoms with Crippen LogP contribution in [-0.4, -0.2) is 31.2 Å². The van der Waals surface area contributed by atoms with Crippen molar-refractivity contribution in [2.75, 3.05) is 19.0 Å². The molecule has 1 N–H and O–H groups in total. The number of carbonyl (C=O) groups is 1. The Hall–Kier alpha value is -2.69. The number of anilines is 1. The first-order valence-electron chi connectivity index (χ1n) is 6.17. The highest BCUT2D eigenvalue weighted by atomic mass is 16.2. The number of hydrazone groups is 1. The molecule has 0 aliphatic heterocycles. The molecule has 0 saturated heterocycles. The van der Waals surface area contributed by atoms with E-state index in [2.05, 4.69) is 15.5 Å². The van der Waals surface area contributed by atoms with Gasteiger partial charge in [-0.3, -0.25) is 9.78 Å². The SMILES string of the molecule is CN(C)c1ccc(/C=N\NC(=O)c2ccncc2)cc1. The van der Waals surface area contributed by atoms with E-state index in [1.165, 1.54) is 0 Å². The van der Waals surface area contributed by atoms with Crippen molar-refractivity contribution in [3.05, 3.63) is 59.9 Å². The summed E-state index contributed by atoms with van der Waals surface area (Å²) in [5, 5.41) is 3.93. The molecule has 0 saturated carbocycles. The Balaban J connectivity index is 1.95. The lowest BCUT2D eigenvalue weighted by Crippen LogP contribution is -2.17. The van der Waals surface area contributed by atoms with Gasteiger partial charge < -0.3 is 4.90 Å². The summed E-state index contributed by atoms with van der Waals surface area (Å²) >= 11 is 0. The number of nitrogens with zero attached hydrogens (tertiary/aromatic N) is 3. The molecule has 102 valence electrons. The van der Waals surface area contributed by atoms with Gasteiger partial charge in [-0.05, 0) is 29.8 Å². The van der Waals surface area contributed by atoms with Crippen molar-refractivity contribution in [2.24, 2.45) is 5.10 Å². The second kappa shape index (κ2) is 6.47. The van der Waals surface area contributed by atoms with E-state index in [1.807, 2.05) is 43.3 Å². The predicted octanol–water partition coefficient (Wildman–Crippen LogP) is 1.91. The third kappa shape index (κ3) is 3.65. The number of hydrogen-bond donors (Lipinski definition) is 1. The zero-order chi connectivity index (χ0) is 14.4. The van der Waals surface area contributed by atoms with Gasteiger partial charge in [0, 0.05) is 37.7 Å². The minimum absolute atomic E-state index is 0.256. The summed E-state index contributed by atoms with van der Waals surface area (Å²) < 4.78 is 0. The van der Waals surface area contributed by atoms with Gasteiger partial charge in [0.25, 0.3) is 5.91 Å². The molecule has 1 heterocycles. The molecule has 0 aliphatic rings. The molecule has 0 unspecified atom stereocenters. The third-order valence-corrected chi connectivity index (χ3v) is 2.73. The van der Waals surface area contributed by atoms with Crippen molar-refractivity contribution in [2.45, 2.75) is 0 Å². The minimum Gasteiger partial charge on any atom is -0.378 e. The van der Waals surface area contributed by atoms with E-state index in [-0.39, 0.29) is 5.91 Å². The van der Waals surface area contributed by atoms with Crippen molar-refractivity contribution >= 4 is 17.8 Å². The third-order valence-electron chi connectivity index (χ3n) is 2.73. The first kappa shape index (κ1) is 13.7. The minimum atomic E-state index is -0.256.